The van der Waals surface area contributed by atoms with Crippen LogP contribution in [0.25, 0.3) is 22.6 Å². The van der Waals surface area contributed by atoms with Crippen LogP contribution in [0.1, 0.15) is 12.0 Å². The van der Waals surface area contributed by atoms with Crippen molar-refractivity contribution in [3.8, 4) is 22.6 Å². The van der Waals surface area contributed by atoms with Crippen LogP contribution in [0.3, 0.4) is 0 Å². The molecular weight excluding hydrogens is 300 g/mol. The lowest BCUT2D eigenvalue weighted by Gasteiger charge is -2.11. The average molecular weight is 320 g/mol. The van der Waals surface area contributed by atoms with Gasteiger partial charge in [0.2, 0.25) is 0 Å². The van der Waals surface area contributed by atoms with E-state index in [-0.39, 0.29) is 6.61 Å². The van der Waals surface area contributed by atoms with Crippen LogP contribution in [-0.2, 0) is 0 Å². The Labute approximate surface area is 141 Å². The van der Waals surface area contributed by atoms with Gasteiger partial charge in [-0.2, -0.15) is 0 Å². The second kappa shape index (κ2) is 7.66. The normalized spacial score (nSPS) is 10.6. The van der Waals surface area contributed by atoms with E-state index in [9.17, 15) is 0 Å². The topological polar surface area (TPSA) is 70.9 Å². The van der Waals surface area contributed by atoms with E-state index in [1.165, 1.54) is 5.56 Å². The Morgan fingerprint density at radius 2 is 1.67 bits per heavy atom. The maximum atomic E-state index is 9.01. The summed E-state index contributed by atoms with van der Waals surface area (Å²) in [5.41, 5.74) is 3.79. The standard InChI is InChI=1S/C19H20N4O/c1-14-8-10-15(11-9-14)17-19(20-12-5-13-24)21-18(23-22-17)16-6-3-2-4-7-16/h2-4,6-11,24H,5,12-13H2,1H3,(H,20,21,23). The van der Waals surface area contributed by atoms with Crippen LogP contribution in [0, 0.1) is 6.92 Å². The van der Waals surface area contributed by atoms with Crippen LogP contribution < -0.4 is 5.32 Å². The third kappa shape index (κ3) is 3.75. The zero-order valence-electron chi connectivity index (χ0n) is 13.6. The van der Waals surface area contributed by atoms with Gasteiger partial charge in [0.1, 0.15) is 5.69 Å². The summed E-state index contributed by atoms with van der Waals surface area (Å²) in [6.07, 6.45) is 0.651. The Balaban J connectivity index is 1.99. The van der Waals surface area contributed by atoms with Gasteiger partial charge < -0.3 is 10.4 Å². The van der Waals surface area contributed by atoms with Gasteiger partial charge in [0.15, 0.2) is 11.6 Å². The fraction of sp³-hybridized carbons (Fsp3) is 0.211. The largest absolute Gasteiger partial charge is 0.396 e. The molecule has 5 nitrogen and oxygen atoms in total. The van der Waals surface area contributed by atoms with Crippen molar-refractivity contribution in [2.24, 2.45) is 0 Å². The zero-order valence-corrected chi connectivity index (χ0v) is 13.6. The fourth-order valence-electron chi connectivity index (χ4n) is 2.35. The Hall–Kier alpha value is -2.79. The van der Waals surface area contributed by atoms with Gasteiger partial charge in [-0.1, -0.05) is 60.2 Å². The van der Waals surface area contributed by atoms with E-state index >= 15 is 0 Å². The molecule has 5 heteroatoms. The van der Waals surface area contributed by atoms with Crippen molar-refractivity contribution in [3.05, 3.63) is 60.2 Å². The third-order valence-electron chi connectivity index (χ3n) is 3.67. The molecule has 0 bridgehead atoms. The van der Waals surface area contributed by atoms with Crippen molar-refractivity contribution in [3.63, 3.8) is 0 Å². The summed E-state index contributed by atoms with van der Waals surface area (Å²) in [4.78, 5) is 4.65. The summed E-state index contributed by atoms with van der Waals surface area (Å²) in [5, 5.41) is 21.0. The number of anilines is 1. The first kappa shape index (κ1) is 16.1. The lowest BCUT2D eigenvalue weighted by atomic mass is 10.1. The third-order valence-corrected chi connectivity index (χ3v) is 3.67. The van der Waals surface area contributed by atoms with E-state index in [1.807, 2.05) is 61.5 Å². The molecule has 3 rings (SSSR count). The second-order valence-electron chi connectivity index (χ2n) is 5.57. The molecule has 122 valence electrons. The number of nitrogens with one attached hydrogen (secondary N) is 1. The summed E-state index contributed by atoms with van der Waals surface area (Å²) in [7, 11) is 0. The number of aliphatic hydroxyl groups is 1. The molecule has 24 heavy (non-hydrogen) atoms. The van der Waals surface area contributed by atoms with Crippen LogP contribution in [-0.4, -0.2) is 33.4 Å². The van der Waals surface area contributed by atoms with Crippen molar-refractivity contribution >= 4 is 5.82 Å². The van der Waals surface area contributed by atoms with Crippen molar-refractivity contribution < 1.29 is 5.11 Å². The minimum absolute atomic E-state index is 0.136. The molecule has 3 aromatic rings. The first-order chi connectivity index (χ1) is 11.8. The van der Waals surface area contributed by atoms with Gasteiger partial charge in [0.25, 0.3) is 0 Å². The molecule has 0 fully saturated rings. The van der Waals surface area contributed by atoms with E-state index in [2.05, 4.69) is 20.5 Å². The number of rotatable bonds is 6. The molecule has 2 N–H and O–H groups in total. The number of aliphatic hydroxyl groups excluding tert-OH is 1. The summed E-state index contributed by atoms with van der Waals surface area (Å²) in [6.45, 7) is 2.81. The lowest BCUT2D eigenvalue weighted by Crippen LogP contribution is -2.09. The molecule has 1 aromatic heterocycles. The Kier molecular flexibility index (Phi) is 5.13. The van der Waals surface area contributed by atoms with Gasteiger partial charge in [-0.05, 0) is 13.3 Å². The van der Waals surface area contributed by atoms with Gasteiger partial charge in [0, 0.05) is 24.3 Å². The molecule has 0 radical (unpaired) electrons. The van der Waals surface area contributed by atoms with Crippen LogP contribution >= 0.6 is 0 Å². The first-order valence-electron chi connectivity index (χ1n) is 8.00. The molecule has 2 aromatic carbocycles. The van der Waals surface area contributed by atoms with Crippen molar-refractivity contribution in [2.75, 3.05) is 18.5 Å². The van der Waals surface area contributed by atoms with E-state index in [0.29, 0.717) is 30.3 Å². The molecule has 1 heterocycles. The summed E-state index contributed by atoms with van der Waals surface area (Å²) in [5.74, 6) is 1.26. The van der Waals surface area contributed by atoms with Crippen LogP contribution in [0.5, 0.6) is 0 Å². The highest BCUT2D eigenvalue weighted by Crippen LogP contribution is 2.26. The molecular formula is C19H20N4O. The Morgan fingerprint density at radius 1 is 0.917 bits per heavy atom. The number of hydrogen-bond donors (Lipinski definition) is 2. The molecule has 0 aliphatic heterocycles. The van der Waals surface area contributed by atoms with Crippen molar-refractivity contribution in [2.45, 2.75) is 13.3 Å². The van der Waals surface area contributed by atoms with Gasteiger partial charge in [0.05, 0.1) is 0 Å². The SMILES string of the molecule is Cc1ccc(-c2nnc(-c3ccccc3)nc2NCCCO)cc1. The summed E-state index contributed by atoms with van der Waals surface area (Å²) in [6, 6.07) is 17.9. The summed E-state index contributed by atoms with van der Waals surface area (Å²) >= 11 is 0. The smallest absolute Gasteiger partial charge is 0.183 e. The lowest BCUT2D eigenvalue weighted by molar-refractivity contribution is 0.292. The summed E-state index contributed by atoms with van der Waals surface area (Å²) < 4.78 is 0. The molecule has 0 atom stereocenters. The highest BCUT2D eigenvalue weighted by molar-refractivity contribution is 5.72. The molecule has 0 unspecified atom stereocenters. The zero-order chi connectivity index (χ0) is 16.8. The van der Waals surface area contributed by atoms with E-state index in [4.69, 9.17) is 5.11 Å². The Bertz CT molecular complexity index is 788. The monoisotopic (exact) mass is 320 g/mol. The highest BCUT2D eigenvalue weighted by atomic mass is 16.3. The van der Waals surface area contributed by atoms with Gasteiger partial charge in [-0.25, -0.2) is 4.98 Å². The maximum absolute atomic E-state index is 9.01. The minimum atomic E-state index is 0.136. The van der Waals surface area contributed by atoms with E-state index in [0.717, 1.165) is 11.1 Å². The van der Waals surface area contributed by atoms with Crippen molar-refractivity contribution in [1.82, 2.24) is 15.2 Å². The van der Waals surface area contributed by atoms with E-state index in [1.54, 1.807) is 0 Å². The molecule has 0 aliphatic carbocycles. The molecule has 0 aliphatic rings. The number of aromatic nitrogens is 3. The number of hydrogen-bond acceptors (Lipinski definition) is 5. The molecule has 0 saturated heterocycles. The molecule has 0 spiro atoms. The average Bonchev–Trinajstić information content (AvgIpc) is 2.63. The second-order valence-corrected chi connectivity index (χ2v) is 5.57. The predicted molar refractivity (Wildman–Crippen MR) is 95.6 cm³/mol. The molecule has 0 amide bonds. The van der Waals surface area contributed by atoms with Crippen molar-refractivity contribution in [1.29, 1.82) is 0 Å². The van der Waals surface area contributed by atoms with Gasteiger partial charge in [-0.15, -0.1) is 10.2 Å². The fourth-order valence-corrected chi connectivity index (χ4v) is 2.35. The van der Waals surface area contributed by atoms with Gasteiger partial charge in [-0.3, -0.25) is 0 Å². The first-order valence-corrected chi connectivity index (χ1v) is 8.00. The minimum Gasteiger partial charge on any atom is -0.396 e. The maximum Gasteiger partial charge on any atom is 0.183 e. The van der Waals surface area contributed by atoms with Crippen LogP contribution in [0.15, 0.2) is 54.6 Å². The number of nitrogens with zero attached hydrogens (tertiary/aromatic N) is 3. The quantitative estimate of drug-likeness (QED) is 0.682. The number of benzene rings is 2. The number of aryl methyl sites for hydroxylation is 1. The van der Waals surface area contributed by atoms with Gasteiger partial charge >= 0.3 is 0 Å². The Morgan fingerprint density at radius 3 is 2.38 bits per heavy atom. The predicted octanol–water partition coefficient (Wildman–Crippen LogP) is 3.31. The highest BCUT2D eigenvalue weighted by Gasteiger charge is 2.12. The van der Waals surface area contributed by atoms with E-state index < -0.39 is 0 Å². The molecule has 0 saturated carbocycles. The van der Waals surface area contributed by atoms with Crippen LogP contribution in [0.2, 0.25) is 0 Å². The van der Waals surface area contributed by atoms with Crippen LogP contribution in [0.4, 0.5) is 5.82 Å².